The van der Waals surface area contributed by atoms with Crippen molar-refractivity contribution >= 4 is 31.6 Å². The van der Waals surface area contributed by atoms with Crippen LogP contribution in [0.25, 0.3) is 0 Å². The van der Waals surface area contributed by atoms with Gasteiger partial charge in [0.15, 0.2) is 0 Å². The number of hydrogen-bond donors (Lipinski definition) is 1. The molecule has 1 aromatic rings. The number of sulfonamides is 2. The van der Waals surface area contributed by atoms with Gasteiger partial charge in [-0.05, 0) is 50.3 Å². The number of nitrogens with one attached hydrogen (secondary N) is 1. The van der Waals surface area contributed by atoms with Crippen LogP contribution >= 0.6 is 11.6 Å². The second-order valence-electron chi connectivity index (χ2n) is 6.68. The molecule has 2 saturated heterocycles. The van der Waals surface area contributed by atoms with Crippen molar-refractivity contribution in [3.63, 3.8) is 0 Å². The summed E-state index contributed by atoms with van der Waals surface area (Å²) in [6.45, 7) is 1.81. The second kappa shape index (κ2) is 6.25. The van der Waals surface area contributed by atoms with Gasteiger partial charge in [0.1, 0.15) is 0 Å². The highest BCUT2D eigenvalue weighted by atomic mass is 35.5. The Hall–Kier alpha value is -0.670. The van der Waals surface area contributed by atoms with E-state index >= 15 is 0 Å². The fourth-order valence-electron chi connectivity index (χ4n) is 3.80. The van der Waals surface area contributed by atoms with Crippen molar-refractivity contribution in [2.75, 3.05) is 6.26 Å². The Morgan fingerprint density at radius 3 is 2.21 bits per heavy atom. The van der Waals surface area contributed by atoms with Crippen LogP contribution in [0.1, 0.15) is 31.2 Å². The molecular formula is C15H21ClN2O4S2. The molecule has 2 heterocycles. The zero-order valence-electron chi connectivity index (χ0n) is 13.6. The Kier molecular flexibility index (Phi) is 4.72. The van der Waals surface area contributed by atoms with E-state index in [0.29, 0.717) is 17.9 Å². The van der Waals surface area contributed by atoms with E-state index in [1.54, 1.807) is 10.4 Å². The molecule has 0 radical (unpaired) electrons. The summed E-state index contributed by atoms with van der Waals surface area (Å²) in [5.41, 5.74) is 0.815. The number of benzene rings is 1. The summed E-state index contributed by atoms with van der Waals surface area (Å²) in [7, 11) is -6.93. The lowest BCUT2D eigenvalue weighted by Gasteiger charge is -2.37. The smallest absolute Gasteiger partial charge is 0.212 e. The third kappa shape index (κ3) is 3.48. The van der Waals surface area contributed by atoms with Gasteiger partial charge < -0.3 is 0 Å². The summed E-state index contributed by atoms with van der Waals surface area (Å²) in [4.78, 5) is 0.135. The van der Waals surface area contributed by atoms with Crippen LogP contribution in [0.3, 0.4) is 0 Å². The van der Waals surface area contributed by atoms with E-state index in [9.17, 15) is 16.8 Å². The van der Waals surface area contributed by atoms with Crippen LogP contribution in [0.4, 0.5) is 0 Å². The zero-order chi connectivity index (χ0) is 17.7. The number of hydrogen-bond acceptors (Lipinski definition) is 4. The van der Waals surface area contributed by atoms with E-state index in [1.807, 2.05) is 6.92 Å². The second-order valence-corrected chi connectivity index (χ2v) is 10.7. The van der Waals surface area contributed by atoms with Gasteiger partial charge >= 0.3 is 0 Å². The standard InChI is InChI=1S/C15H21ClN2O4S2/c1-10-3-6-14(9-15(10)16)24(21,22)17-11-7-12-4-5-13(8-11)18(12)23(2,19)20/h3,6,9,11-13,17H,4-5,7-8H2,1-2H3. The highest BCUT2D eigenvalue weighted by Gasteiger charge is 2.45. The van der Waals surface area contributed by atoms with Crippen molar-refractivity contribution in [2.24, 2.45) is 0 Å². The molecular weight excluding hydrogens is 372 g/mol. The number of fused-ring (bicyclic) bond motifs is 2. The summed E-state index contributed by atoms with van der Waals surface area (Å²) < 4.78 is 53.2. The molecule has 24 heavy (non-hydrogen) atoms. The van der Waals surface area contributed by atoms with Crippen molar-refractivity contribution in [1.82, 2.24) is 9.03 Å². The summed E-state index contributed by atoms with van der Waals surface area (Å²) in [5, 5.41) is 0.407. The number of rotatable bonds is 4. The Morgan fingerprint density at radius 1 is 1.12 bits per heavy atom. The van der Waals surface area contributed by atoms with Gasteiger partial charge in [-0.25, -0.2) is 21.6 Å². The number of aryl methyl sites for hydroxylation is 1. The Bertz CT molecular complexity index is 840. The van der Waals surface area contributed by atoms with Gasteiger partial charge in [-0.3, -0.25) is 0 Å². The van der Waals surface area contributed by atoms with Crippen LogP contribution < -0.4 is 4.72 Å². The van der Waals surface area contributed by atoms with Gasteiger partial charge in [0.25, 0.3) is 0 Å². The summed E-state index contributed by atoms with van der Waals surface area (Å²) in [5.74, 6) is 0. The lowest BCUT2D eigenvalue weighted by molar-refractivity contribution is 0.221. The van der Waals surface area contributed by atoms with Crippen LogP contribution in [0.15, 0.2) is 23.1 Å². The zero-order valence-corrected chi connectivity index (χ0v) is 16.0. The highest BCUT2D eigenvalue weighted by molar-refractivity contribution is 7.89. The minimum Gasteiger partial charge on any atom is -0.212 e. The van der Waals surface area contributed by atoms with Crippen LogP contribution in [0.5, 0.6) is 0 Å². The first-order valence-corrected chi connectivity index (χ1v) is 11.6. The van der Waals surface area contributed by atoms with Gasteiger partial charge in [0, 0.05) is 23.1 Å². The van der Waals surface area contributed by atoms with E-state index < -0.39 is 20.0 Å². The Balaban J connectivity index is 1.77. The fraction of sp³-hybridized carbons (Fsp3) is 0.600. The van der Waals surface area contributed by atoms with Gasteiger partial charge in [0.05, 0.1) is 11.2 Å². The number of nitrogens with zero attached hydrogens (tertiary/aromatic N) is 1. The monoisotopic (exact) mass is 392 g/mol. The summed E-state index contributed by atoms with van der Waals surface area (Å²) in [6, 6.07) is 4.16. The highest BCUT2D eigenvalue weighted by Crippen LogP contribution is 2.38. The molecule has 2 unspecified atom stereocenters. The largest absolute Gasteiger partial charge is 0.240 e. The van der Waals surface area contributed by atoms with E-state index in [4.69, 9.17) is 11.6 Å². The maximum atomic E-state index is 12.6. The van der Waals surface area contributed by atoms with Crippen LogP contribution in [0.2, 0.25) is 5.02 Å². The average Bonchev–Trinajstić information content (AvgIpc) is 2.74. The molecule has 1 aromatic carbocycles. The normalized spacial score (nSPS) is 28.2. The molecule has 2 aliphatic heterocycles. The lowest BCUT2D eigenvalue weighted by Crippen LogP contribution is -2.51. The maximum Gasteiger partial charge on any atom is 0.240 e. The molecule has 2 bridgehead atoms. The molecule has 2 atom stereocenters. The first-order valence-electron chi connectivity index (χ1n) is 7.85. The molecule has 0 amide bonds. The molecule has 3 rings (SSSR count). The Labute approximate surface area is 148 Å². The van der Waals surface area contributed by atoms with Gasteiger partial charge in [-0.15, -0.1) is 0 Å². The van der Waals surface area contributed by atoms with Crippen molar-refractivity contribution in [3.8, 4) is 0 Å². The molecule has 1 N–H and O–H groups in total. The molecule has 0 spiro atoms. The molecule has 0 saturated carbocycles. The van der Waals surface area contributed by atoms with Crippen molar-refractivity contribution in [1.29, 1.82) is 0 Å². The van der Waals surface area contributed by atoms with E-state index in [-0.39, 0.29) is 23.0 Å². The van der Waals surface area contributed by atoms with E-state index in [2.05, 4.69) is 4.72 Å². The van der Waals surface area contributed by atoms with E-state index in [1.165, 1.54) is 18.4 Å². The predicted octanol–water partition coefficient (Wildman–Crippen LogP) is 1.88. The molecule has 0 aromatic heterocycles. The molecule has 6 nitrogen and oxygen atoms in total. The van der Waals surface area contributed by atoms with Crippen LogP contribution in [0, 0.1) is 6.92 Å². The summed E-state index contributed by atoms with van der Waals surface area (Å²) >= 11 is 6.02. The van der Waals surface area contributed by atoms with Crippen molar-refractivity contribution in [3.05, 3.63) is 28.8 Å². The first-order chi connectivity index (χ1) is 11.1. The summed E-state index contributed by atoms with van der Waals surface area (Å²) in [6.07, 6.45) is 3.79. The van der Waals surface area contributed by atoms with Crippen molar-refractivity contribution in [2.45, 2.75) is 55.6 Å². The van der Waals surface area contributed by atoms with Crippen molar-refractivity contribution < 1.29 is 16.8 Å². The molecule has 9 heteroatoms. The van der Waals surface area contributed by atoms with Gasteiger partial charge in [-0.1, -0.05) is 17.7 Å². The minimum absolute atomic E-state index is 0.118. The third-order valence-electron chi connectivity index (χ3n) is 4.82. The molecule has 134 valence electrons. The maximum absolute atomic E-state index is 12.6. The SMILES string of the molecule is Cc1ccc(S(=O)(=O)NC2CC3CCC(C2)N3S(C)(=O)=O)cc1Cl. The fourth-order valence-corrected chi connectivity index (χ4v) is 6.80. The minimum atomic E-state index is -3.67. The van der Waals surface area contributed by atoms with Crippen LogP contribution in [-0.2, 0) is 20.0 Å². The predicted molar refractivity (Wildman–Crippen MR) is 93.0 cm³/mol. The van der Waals surface area contributed by atoms with Crippen LogP contribution in [-0.4, -0.2) is 45.5 Å². The Morgan fingerprint density at radius 2 is 1.71 bits per heavy atom. The quantitative estimate of drug-likeness (QED) is 0.847. The number of halogens is 1. The van der Waals surface area contributed by atoms with Gasteiger partial charge in [0.2, 0.25) is 20.0 Å². The van der Waals surface area contributed by atoms with Gasteiger partial charge in [-0.2, -0.15) is 4.31 Å². The lowest BCUT2D eigenvalue weighted by atomic mass is 10.0. The first kappa shape index (κ1) is 18.1. The molecule has 0 aliphatic carbocycles. The number of piperidine rings is 1. The van der Waals surface area contributed by atoms with E-state index in [0.717, 1.165) is 18.4 Å². The topological polar surface area (TPSA) is 83.6 Å². The third-order valence-corrected chi connectivity index (χ3v) is 8.11. The average molecular weight is 393 g/mol. The molecule has 2 aliphatic rings. The molecule has 2 fully saturated rings.